The Bertz CT molecular complexity index is 784. The average molecular weight is 391 g/mol. The molecule has 1 aromatic heterocycles. The van der Waals surface area contributed by atoms with Gasteiger partial charge < -0.3 is 9.30 Å². The molecule has 132 valence electrons. The molecule has 0 saturated carbocycles. The van der Waals surface area contributed by atoms with E-state index in [0.29, 0.717) is 51.3 Å². The molecule has 1 heterocycles. The first-order valence-electron chi connectivity index (χ1n) is 8.13. The SMILES string of the molecule is CCCCOc1c(CCl)n(CC(C)C)c(=O)c2cc(Cl)c(Cl)cc12. The molecule has 0 aliphatic heterocycles. The van der Waals surface area contributed by atoms with E-state index in [-0.39, 0.29) is 11.4 Å². The normalized spacial score (nSPS) is 11.5. The first-order chi connectivity index (χ1) is 11.4. The molecule has 1 aromatic carbocycles. The van der Waals surface area contributed by atoms with Crippen LogP contribution in [-0.4, -0.2) is 11.2 Å². The van der Waals surface area contributed by atoms with Gasteiger partial charge in [0, 0.05) is 11.9 Å². The lowest BCUT2D eigenvalue weighted by atomic mass is 10.1. The van der Waals surface area contributed by atoms with Gasteiger partial charge in [-0.2, -0.15) is 0 Å². The Morgan fingerprint density at radius 3 is 2.33 bits per heavy atom. The number of pyridine rings is 1. The van der Waals surface area contributed by atoms with Crippen molar-refractivity contribution in [3.63, 3.8) is 0 Å². The third-order valence-electron chi connectivity index (χ3n) is 3.79. The van der Waals surface area contributed by atoms with Crippen LogP contribution in [0.3, 0.4) is 0 Å². The molecule has 0 bridgehead atoms. The number of nitrogens with zero attached hydrogens (tertiary/aromatic N) is 1. The zero-order chi connectivity index (χ0) is 17.9. The summed E-state index contributed by atoms with van der Waals surface area (Å²) in [5, 5.41) is 1.92. The molecule has 0 amide bonds. The first-order valence-corrected chi connectivity index (χ1v) is 9.42. The van der Waals surface area contributed by atoms with E-state index >= 15 is 0 Å². The van der Waals surface area contributed by atoms with Crippen molar-refractivity contribution in [1.82, 2.24) is 4.57 Å². The van der Waals surface area contributed by atoms with Gasteiger partial charge in [0.15, 0.2) is 0 Å². The van der Waals surface area contributed by atoms with Crippen molar-refractivity contribution in [3.05, 3.63) is 38.2 Å². The number of rotatable bonds is 7. The lowest BCUT2D eigenvalue weighted by Gasteiger charge is -2.20. The second-order valence-electron chi connectivity index (χ2n) is 6.23. The zero-order valence-electron chi connectivity index (χ0n) is 14.2. The summed E-state index contributed by atoms with van der Waals surface area (Å²) in [5.41, 5.74) is 0.577. The Hall–Kier alpha value is -0.900. The number of fused-ring (bicyclic) bond motifs is 1. The predicted octanol–water partition coefficient (Wildman–Crippen LogP) is 5.88. The van der Waals surface area contributed by atoms with E-state index in [1.807, 2.05) is 0 Å². The smallest absolute Gasteiger partial charge is 0.258 e. The van der Waals surface area contributed by atoms with Crippen LogP contribution in [0.2, 0.25) is 10.0 Å². The van der Waals surface area contributed by atoms with Gasteiger partial charge in [0.1, 0.15) is 5.75 Å². The number of benzene rings is 1. The zero-order valence-corrected chi connectivity index (χ0v) is 16.4. The molecule has 0 saturated heterocycles. The molecule has 0 fully saturated rings. The Morgan fingerprint density at radius 1 is 1.17 bits per heavy atom. The van der Waals surface area contributed by atoms with Gasteiger partial charge in [0.05, 0.1) is 33.6 Å². The highest BCUT2D eigenvalue weighted by atomic mass is 35.5. The molecule has 3 nitrogen and oxygen atoms in total. The number of ether oxygens (including phenoxy) is 1. The Labute approximate surface area is 157 Å². The molecule has 6 heteroatoms. The van der Waals surface area contributed by atoms with Gasteiger partial charge in [0.2, 0.25) is 0 Å². The summed E-state index contributed by atoms with van der Waals surface area (Å²) in [6.07, 6.45) is 1.94. The van der Waals surface area contributed by atoms with E-state index < -0.39 is 0 Å². The topological polar surface area (TPSA) is 31.2 Å². The molecule has 2 rings (SSSR count). The van der Waals surface area contributed by atoms with E-state index in [1.54, 1.807) is 16.7 Å². The van der Waals surface area contributed by atoms with Crippen LogP contribution in [-0.2, 0) is 12.4 Å². The first kappa shape index (κ1) is 19.4. The van der Waals surface area contributed by atoms with Gasteiger partial charge in [-0.3, -0.25) is 4.79 Å². The number of aromatic nitrogens is 1. The van der Waals surface area contributed by atoms with Gasteiger partial charge in [-0.1, -0.05) is 50.4 Å². The summed E-state index contributed by atoms with van der Waals surface area (Å²) in [5.74, 6) is 1.13. The van der Waals surface area contributed by atoms with Crippen molar-refractivity contribution >= 4 is 45.6 Å². The number of alkyl halides is 1. The maximum atomic E-state index is 12.9. The fraction of sp³-hybridized carbons (Fsp3) is 0.500. The van der Waals surface area contributed by atoms with Crippen LogP contribution < -0.4 is 10.3 Å². The minimum Gasteiger partial charge on any atom is -0.491 e. The van der Waals surface area contributed by atoms with Crippen LogP contribution in [0.25, 0.3) is 10.8 Å². The van der Waals surface area contributed by atoms with Gasteiger partial charge >= 0.3 is 0 Å². The van der Waals surface area contributed by atoms with Gasteiger partial charge in [-0.25, -0.2) is 0 Å². The van der Waals surface area contributed by atoms with Crippen LogP contribution in [0.4, 0.5) is 0 Å². The Kier molecular flexibility index (Phi) is 6.85. The van der Waals surface area contributed by atoms with E-state index in [0.717, 1.165) is 12.8 Å². The average Bonchev–Trinajstić information content (AvgIpc) is 2.53. The van der Waals surface area contributed by atoms with Crippen molar-refractivity contribution in [1.29, 1.82) is 0 Å². The standard InChI is InChI=1S/C18H22Cl3NO2/c1-4-5-6-24-17-12-7-14(20)15(21)8-13(12)18(23)22(10-11(2)3)16(17)9-19/h7-8,11H,4-6,9-10H2,1-3H3. The second kappa shape index (κ2) is 8.46. The van der Waals surface area contributed by atoms with Gasteiger partial charge in [0.25, 0.3) is 5.56 Å². The molecule has 0 spiro atoms. The fourth-order valence-corrected chi connectivity index (χ4v) is 3.22. The monoisotopic (exact) mass is 389 g/mol. The molecule has 2 aromatic rings. The largest absolute Gasteiger partial charge is 0.491 e. The van der Waals surface area contributed by atoms with E-state index in [4.69, 9.17) is 39.5 Å². The van der Waals surface area contributed by atoms with Crippen molar-refractivity contribution in [2.45, 2.75) is 46.0 Å². The van der Waals surface area contributed by atoms with Crippen LogP contribution in [0.15, 0.2) is 16.9 Å². The summed E-state index contributed by atoms with van der Waals surface area (Å²) in [6.45, 7) is 7.35. The summed E-state index contributed by atoms with van der Waals surface area (Å²) in [6, 6.07) is 3.31. The van der Waals surface area contributed by atoms with Crippen molar-refractivity contribution in [2.24, 2.45) is 5.92 Å². The lowest BCUT2D eigenvalue weighted by molar-refractivity contribution is 0.305. The quantitative estimate of drug-likeness (QED) is 0.436. The van der Waals surface area contributed by atoms with Crippen LogP contribution >= 0.6 is 34.8 Å². The minimum atomic E-state index is -0.115. The number of hydrogen-bond acceptors (Lipinski definition) is 2. The molecule has 0 aliphatic carbocycles. The summed E-state index contributed by atoms with van der Waals surface area (Å²) in [4.78, 5) is 12.9. The summed E-state index contributed by atoms with van der Waals surface area (Å²) in [7, 11) is 0. The van der Waals surface area contributed by atoms with E-state index in [2.05, 4.69) is 20.8 Å². The molecular formula is C18H22Cl3NO2. The third-order valence-corrected chi connectivity index (χ3v) is 4.76. The number of hydrogen-bond donors (Lipinski definition) is 0. The highest BCUT2D eigenvalue weighted by Crippen LogP contribution is 2.34. The van der Waals surface area contributed by atoms with Crippen LogP contribution in [0, 0.1) is 5.92 Å². The Morgan fingerprint density at radius 2 is 1.79 bits per heavy atom. The van der Waals surface area contributed by atoms with Crippen molar-refractivity contribution in [2.75, 3.05) is 6.61 Å². The van der Waals surface area contributed by atoms with E-state index in [1.165, 1.54) is 0 Å². The predicted molar refractivity (Wildman–Crippen MR) is 103 cm³/mol. The highest BCUT2D eigenvalue weighted by molar-refractivity contribution is 6.42. The lowest BCUT2D eigenvalue weighted by Crippen LogP contribution is -2.26. The maximum Gasteiger partial charge on any atom is 0.258 e. The summed E-state index contributed by atoms with van der Waals surface area (Å²) >= 11 is 18.5. The number of unbranched alkanes of at least 4 members (excludes halogenated alkanes) is 1. The molecule has 0 radical (unpaired) electrons. The molecule has 0 atom stereocenters. The molecular weight excluding hydrogens is 369 g/mol. The molecule has 0 aliphatic rings. The Balaban J connectivity index is 2.78. The second-order valence-corrected chi connectivity index (χ2v) is 7.31. The van der Waals surface area contributed by atoms with Crippen LogP contribution in [0.5, 0.6) is 5.75 Å². The molecule has 0 unspecified atom stereocenters. The van der Waals surface area contributed by atoms with Gasteiger partial charge in [-0.15, -0.1) is 11.6 Å². The van der Waals surface area contributed by atoms with Crippen molar-refractivity contribution < 1.29 is 4.74 Å². The van der Waals surface area contributed by atoms with E-state index in [9.17, 15) is 4.79 Å². The summed E-state index contributed by atoms with van der Waals surface area (Å²) < 4.78 is 7.71. The highest BCUT2D eigenvalue weighted by Gasteiger charge is 2.19. The maximum absolute atomic E-state index is 12.9. The molecule has 24 heavy (non-hydrogen) atoms. The van der Waals surface area contributed by atoms with Crippen LogP contribution in [0.1, 0.15) is 39.3 Å². The minimum absolute atomic E-state index is 0.115. The van der Waals surface area contributed by atoms with Gasteiger partial charge in [-0.05, 0) is 24.5 Å². The fourth-order valence-electron chi connectivity index (χ4n) is 2.63. The number of halogens is 3. The third kappa shape index (κ3) is 4.01. The molecule has 0 N–H and O–H groups in total. The van der Waals surface area contributed by atoms with Crippen molar-refractivity contribution in [3.8, 4) is 5.75 Å².